The highest BCUT2D eigenvalue weighted by molar-refractivity contribution is 5.27. The van der Waals surface area contributed by atoms with E-state index in [-0.39, 0.29) is 6.10 Å². The molecule has 1 unspecified atom stereocenters. The Morgan fingerprint density at radius 1 is 1.64 bits per heavy atom. The van der Waals surface area contributed by atoms with Gasteiger partial charge in [-0.25, -0.2) is 0 Å². The molecule has 0 spiro atoms. The van der Waals surface area contributed by atoms with Crippen molar-refractivity contribution >= 4 is 0 Å². The van der Waals surface area contributed by atoms with Gasteiger partial charge < -0.3 is 5.11 Å². The van der Waals surface area contributed by atoms with Crippen LogP contribution in [-0.2, 0) is 12.8 Å². The van der Waals surface area contributed by atoms with Crippen LogP contribution < -0.4 is 0 Å². The van der Waals surface area contributed by atoms with Gasteiger partial charge in [0.25, 0.3) is 0 Å². The van der Waals surface area contributed by atoms with Crippen LogP contribution in [0.25, 0.3) is 0 Å². The van der Waals surface area contributed by atoms with Crippen LogP contribution >= 0.6 is 0 Å². The highest BCUT2D eigenvalue weighted by atomic mass is 16.3. The van der Waals surface area contributed by atoms with Gasteiger partial charge in [-0.15, -0.1) is 0 Å². The summed E-state index contributed by atoms with van der Waals surface area (Å²) in [6.07, 6.45) is 2.40. The number of H-pyrrole nitrogens is 1. The van der Waals surface area contributed by atoms with Crippen LogP contribution in [0, 0.1) is 6.92 Å². The predicted octanol–water partition coefficient (Wildman–Crippen LogP) is 0.568. The first kappa shape index (κ1) is 6.85. The van der Waals surface area contributed by atoms with Crippen LogP contribution in [0.15, 0.2) is 0 Å². The fourth-order valence-electron chi connectivity index (χ4n) is 1.62. The Kier molecular flexibility index (Phi) is 1.46. The number of fused-ring (bicyclic) bond motifs is 1. The van der Waals surface area contributed by atoms with Crippen LogP contribution in [-0.4, -0.2) is 21.4 Å². The fourth-order valence-corrected chi connectivity index (χ4v) is 1.62. The van der Waals surface area contributed by atoms with Gasteiger partial charge in [-0.1, -0.05) is 0 Å². The topological polar surface area (TPSA) is 48.9 Å². The molecule has 1 aromatic rings. The first-order valence-electron chi connectivity index (χ1n) is 3.98. The lowest BCUT2D eigenvalue weighted by Crippen LogP contribution is -2.18. The zero-order valence-electron chi connectivity index (χ0n) is 6.59. The Hall–Kier alpha value is -0.830. The van der Waals surface area contributed by atoms with Crippen molar-refractivity contribution in [2.45, 2.75) is 32.3 Å². The molecule has 0 aromatic carbocycles. The summed E-state index contributed by atoms with van der Waals surface area (Å²) < 4.78 is 0. The molecule has 3 heteroatoms. The Balaban J connectivity index is 2.37. The minimum atomic E-state index is -0.154. The lowest BCUT2D eigenvalue weighted by molar-refractivity contribution is 0.158. The summed E-state index contributed by atoms with van der Waals surface area (Å²) in [5.74, 6) is 0. The van der Waals surface area contributed by atoms with Crippen LogP contribution in [0.5, 0.6) is 0 Å². The number of rotatable bonds is 0. The van der Waals surface area contributed by atoms with E-state index in [0.717, 1.165) is 30.7 Å². The largest absolute Gasteiger partial charge is 0.393 e. The molecule has 0 saturated heterocycles. The number of aromatic amines is 1. The first-order chi connectivity index (χ1) is 5.27. The molecule has 1 aliphatic rings. The average Bonchev–Trinajstić information content (AvgIpc) is 2.33. The summed E-state index contributed by atoms with van der Waals surface area (Å²) in [7, 11) is 0. The molecule has 0 bridgehead atoms. The summed E-state index contributed by atoms with van der Waals surface area (Å²) in [6.45, 7) is 2.00. The molecule has 0 aliphatic heterocycles. The Bertz CT molecular complexity index is 267. The zero-order valence-corrected chi connectivity index (χ0v) is 6.59. The second-order valence-corrected chi connectivity index (χ2v) is 3.17. The molecular weight excluding hydrogens is 140 g/mol. The predicted molar refractivity (Wildman–Crippen MR) is 41.4 cm³/mol. The van der Waals surface area contributed by atoms with Crippen molar-refractivity contribution < 1.29 is 5.11 Å². The van der Waals surface area contributed by atoms with E-state index >= 15 is 0 Å². The van der Waals surface area contributed by atoms with Crippen LogP contribution in [0.2, 0.25) is 0 Å². The third-order valence-electron chi connectivity index (χ3n) is 2.31. The highest BCUT2D eigenvalue weighted by Crippen LogP contribution is 2.21. The molecule has 1 aromatic heterocycles. The molecule has 2 N–H and O–H groups in total. The lowest BCUT2D eigenvalue weighted by atomic mass is 9.94. The fraction of sp³-hybridized carbons (Fsp3) is 0.625. The van der Waals surface area contributed by atoms with Gasteiger partial charge in [-0.3, -0.25) is 5.10 Å². The normalized spacial score (nSPS) is 23.3. The van der Waals surface area contributed by atoms with Crippen molar-refractivity contribution in [1.29, 1.82) is 0 Å². The number of nitrogens with one attached hydrogen (secondary N) is 1. The Morgan fingerprint density at radius 3 is 3.27 bits per heavy atom. The summed E-state index contributed by atoms with van der Waals surface area (Å²) >= 11 is 0. The molecule has 60 valence electrons. The van der Waals surface area contributed by atoms with Gasteiger partial charge in [-0.2, -0.15) is 5.10 Å². The minimum Gasteiger partial charge on any atom is -0.393 e. The molecule has 1 aliphatic carbocycles. The number of nitrogens with zero attached hydrogens (tertiary/aromatic N) is 1. The summed E-state index contributed by atoms with van der Waals surface area (Å²) in [5.41, 5.74) is 3.48. The number of aliphatic hydroxyl groups excluding tert-OH is 1. The second-order valence-electron chi connectivity index (χ2n) is 3.17. The number of hydrogen-bond acceptors (Lipinski definition) is 2. The highest BCUT2D eigenvalue weighted by Gasteiger charge is 2.20. The molecule has 1 heterocycles. The first-order valence-corrected chi connectivity index (χ1v) is 3.98. The average molecular weight is 152 g/mol. The van der Waals surface area contributed by atoms with Crippen molar-refractivity contribution in [3.05, 3.63) is 17.0 Å². The van der Waals surface area contributed by atoms with E-state index in [1.807, 2.05) is 6.92 Å². The molecule has 3 nitrogen and oxygen atoms in total. The molecule has 0 saturated carbocycles. The quantitative estimate of drug-likeness (QED) is 0.571. The number of aliphatic hydroxyl groups is 1. The lowest BCUT2D eigenvalue weighted by Gasteiger charge is -2.15. The second kappa shape index (κ2) is 2.34. The van der Waals surface area contributed by atoms with E-state index in [0.29, 0.717) is 0 Å². The minimum absolute atomic E-state index is 0.154. The van der Waals surface area contributed by atoms with Crippen molar-refractivity contribution in [3.8, 4) is 0 Å². The monoisotopic (exact) mass is 152 g/mol. The van der Waals surface area contributed by atoms with E-state index in [2.05, 4.69) is 10.2 Å². The van der Waals surface area contributed by atoms with E-state index < -0.39 is 0 Å². The van der Waals surface area contributed by atoms with Crippen molar-refractivity contribution in [1.82, 2.24) is 10.2 Å². The standard InChI is InChI=1S/C8H12N2O/c1-5-7-4-6(11)2-3-8(7)10-9-5/h6,11H,2-4H2,1H3,(H,9,10). The van der Waals surface area contributed by atoms with Crippen molar-refractivity contribution in [3.63, 3.8) is 0 Å². The number of aryl methyl sites for hydroxylation is 2. The maximum Gasteiger partial charge on any atom is 0.0658 e. The molecule has 11 heavy (non-hydrogen) atoms. The van der Waals surface area contributed by atoms with E-state index in [4.69, 9.17) is 0 Å². The van der Waals surface area contributed by atoms with Crippen molar-refractivity contribution in [2.75, 3.05) is 0 Å². The molecule has 2 rings (SSSR count). The van der Waals surface area contributed by atoms with Gasteiger partial charge in [0.2, 0.25) is 0 Å². The molecule has 1 atom stereocenters. The maximum absolute atomic E-state index is 9.36. The third kappa shape index (κ3) is 1.05. The number of aromatic nitrogens is 2. The molecule has 0 radical (unpaired) electrons. The van der Waals surface area contributed by atoms with Gasteiger partial charge in [0.15, 0.2) is 0 Å². The van der Waals surface area contributed by atoms with E-state index in [1.165, 1.54) is 5.56 Å². The van der Waals surface area contributed by atoms with Crippen LogP contribution in [0.4, 0.5) is 0 Å². The van der Waals surface area contributed by atoms with Gasteiger partial charge in [0.05, 0.1) is 11.8 Å². The molecule has 0 fully saturated rings. The summed E-state index contributed by atoms with van der Waals surface area (Å²) in [6, 6.07) is 0. The third-order valence-corrected chi connectivity index (χ3v) is 2.31. The summed E-state index contributed by atoms with van der Waals surface area (Å²) in [5, 5.41) is 16.5. The van der Waals surface area contributed by atoms with Gasteiger partial charge >= 0.3 is 0 Å². The number of hydrogen-bond donors (Lipinski definition) is 2. The van der Waals surface area contributed by atoms with Gasteiger partial charge in [0, 0.05) is 12.1 Å². The van der Waals surface area contributed by atoms with Gasteiger partial charge in [-0.05, 0) is 25.3 Å². The summed E-state index contributed by atoms with van der Waals surface area (Å²) in [4.78, 5) is 0. The van der Waals surface area contributed by atoms with Crippen molar-refractivity contribution in [2.24, 2.45) is 0 Å². The van der Waals surface area contributed by atoms with Crippen LogP contribution in [0.1, 0.15) is 23.4 Å². The zero-order chi connectivity index (χ0) is 7.84. The molecular formula is C8H12N2O. The van der Waals surface area contributed by atoms with E-state index in [9.17, 15) is 5.11 Å². The SMILES string of the molecule is Cc1[nH]nc2c1CC(O)CC2. The maximum atomic E-state index is 9.36. The van der Waals surface area contributed by atoms with E-state index in [1.54, 1.807) is 0 Å². The molecule has 0 amide bonds. The van der Waals surface area contributed by atoms with Crippen LogP contribution in [0.3, 0.4) is 0 Å². The Labute approximate surface area is 65.4 Å². The Morgan fingerprint density at radius 2 is 2.45 bits per heavy atom. The smallest absolute Gasteiger partial charge is 0.0658 e. The van der Waals surface area contributed by atoms with Gasteiger partial charge in [0.1, 0.15) is 0 Å².